The molecule has 2 aromatic rings. The van der Waals surface area contributed by atoms with E-state index in [1.807, 2.05) is 18.2 Å². The third-order valence-corrected chi connectivity index (χ3v) is 5.39. The van der Waals surface area contributed by atoms with Gasteiger partial charge in [-0.05, 0) is 31.4 Å². The van der Waals surface area contributed by atoms with Crippen molar-refractivity contribution >= 4 is 28.6 Å². The highest BCUT2D eigenvalue weighted by Gasteiger charge is 2.20. The number of rotatable bonds is 9. The van der Waals surface area contributed by atoms with Crippen LogP contribution in [0, 0.1) is 0 Å². The Bertz CT molecular complexity index is 833. The number of amides is 1. The Labute approximate surface area is 162 Å². The second kappa shape index (κ2) is 9.87. The number of nitrogens with zero attached hydrogens (tertiary/aromatic N) is 2. The number of para-hydroxylation sites is 1. The van der Waals surface area contributed by atoms with E-state index >= 15 is 0 Å². The Hall–Kier alpha value is -1.90. The van der Waals surface area contributed by atoms with Gasteiger partial charge in [0.1, 0.15) is 0 Å². The predicted molar refractivity (Wildman–Crippen MR) is 105 cm³/mol. The number of hydrogen-bond donors (Lipinski definition) is 1. The van der Waals surface area contributed by atoms with Gasteiger partial charge >= 0.3 is 0 Å². The van der Waals surface area contributed by atoms with Crippen molar-refractivity contribution in [1.82, 2.24) is 14.9 Å². The van der Waals surface area contributed by atoms with Crippen LogP contribution in [-0.2, 0) is 20.8 Å². The van der Waals surface area contributed by atoms with E-state index in [2.05, 4.69) is 10.3 Å². The molecule has 1 amide bonds. The molecule has 146 valence electrons. The van der Waals surface area contributed by atoms with E-state index in [1.54, 1.807) is 17.7 Å². The highest BCUT2D eigenvalue weighted by atomic mass is 32.2. The first-order valence-corrected chi connectivity index (χ1v) is 10.2. The molecule has 0 radical (unpaired) electrons. The third-order valence-electron chi connectivity index (χ3n) is 4.42. The van der Waals surface area contributed by atoms with Crippen molar-refractivity contribution in [1.29, 1.82) is 0 Å². The monoisotopic (exact) mass is 391 g/mol. The average molecular weight is 391 g/mol. The first-order chi connectivity index (χ1) is 13.2. The van der Waals surface area contributed by atoms with Gasteiger partial charge < -0.3 is 14.8 Å². The highest BCUT2D eigenvalue weighted by Crippen LogP contribution is 2.20. The van der Waals surface area contributed by atoms with E-state index in [9.17, 15) is 9.59 Å². The number of methoxy groups -OCH3 is 1. The summed E-state index contributed by atoms with van der Waals surface area (Å²) in [6, 6.07) is 7.30. The molecule has 7 nitrogen and oxygen atoms in total. The molecular formula is C19H25N3O4S. The largest absolute Gasteiger partial charge is 0.385 e. The molecule has 0 saturated carbocycles. The van der Waals surface area contributed by atoms with Crippen LogP contribution in [-0.4, -0.2) is 54.2 Å². The summed E-state index contributed by atoms with van der Waals surface area (Å²) >= 11 is 1.28. The summed E-state index contributed by atoms with van der Waals surface area (Å²) < 4.78 is 12.3. The number of thioether (sulfide) groups is 1. The smallest absolute Gasteiger partial charge is 0.262 e. The quantitative estimate of drug-likeness (QED) is 0.399. The first kappa shape index (κ1) is 19.9. The van der Waals surface area contributed by atoms with E-state index in [-0.39, 0.29) is 23.3 Å². The van der Waals surface area contributed by atoms with E-state index in [0.717, 1.165) is 25.9 Å². The lowest BCUT2D eigenvalue weighted by atomic mass is 10.2. The minimum absolute atomic E-state index is 0.0212. The molecule has 0 bridgehead atoms. The Morgan fingerprint density at radius 2 is 2.30 bits per heavy atom. The molecule has 1 atom stereocenters. The zero-order valence-electron chi connectivity index (χ0n) is 15.5. The maximum absolute atomic E-state index is 13.0. The van der Waals surface area contributed by atoms with Gasteiger partial charge in [0.15, 0.2) is 5.16 Å². The number of nitrogens with one attached hydrogen (secondary N) is 1. The zero-order valence-corrected chi connectivity index (χ0v) is 16.3. The molecule has 1 aliphatic rings. The fourth-order valence-electron chi connectivity index (χ4n) is 3.04. The summed E-state index contributed by atoms with van der Waals surface area (Å²) in [5, 5.41) is 4.00. The highest BCUT2D eigenvalue weighted by molar-refractivity contribution is 7.99. The van der Waals surface area contributed by atoms with E-state index in [1.165, 1.54) is 11.8 Å². The number of hydrogen-bond acceptors (Lipinski definition) is 6. The van der Waals surface area contributed by atoms with E-state index in [0.29, 0.717) is 35.8 Å². The van der Waals surface area contributed by atoms with Crippen molar-refractivity contribution in [2.45, 2.75) is 37.1 Å². The molecule has 27 heavy (non-hydrogen) atoms. The van der Waals surface area contributed by atoms with Gasteiger partial charge in [0.25, 0.3) is 5.56 Å². The van der Waals surface area contributed by atoms with Crippen LogP contribution in [0.5, 0.6) is 0 Å². The number of fused-ring (bicyclic) bond motifs is 1. The fraction of sp³-hybridized carbons (Fsp3) is 0.526. The lowest BCUT2D eigenvalue weighted by Gasteiger charge is -2.16. The van der Waals surface area contributed by atoms with Crippen LogP contribution in [0.2, 0.25) is 0 Å². The van der Waals surface area contributed by atoms with Gasteiger partial charge in [0.2, 0.25) is 5.91 Å². The molecule has 1 saturated heterocycles. The van der Waals surface area contributed by atoms with Crippen molar-refractivity contribution in [3.05, 3.63) is 34.6 Å². The molecule has 0 aliphatic carbocycles. The Balaban J connectivity index is 1.75. The topological polar surface area (TPSA) is 82.5 Å². The maximum Gasteiger partial charge on any atom is 0.262 e. The summed E-state index contributed by atoms with van der Waals surface area (Å²) in [6.07, 6.45) is 2.73. The number of ether oxygens (including phenoxy) is 2. The molecule has 1 aliphatic heterocycles. The van der Waals surface area contributed by atoms with Crippen LogP contribution in [0.3, 0.4) is 0 Å². The van der Waals surface area contributed by atoms with Gasteiger partial charge in [0, 0.05) is 26.9 Å². The minimum Gasteiger partial charge on any atom is -0.385 e. The summed E-state index contributed by atoms with van der Waals surface area (Å²) in [5.41, 5.74) is 0.563. The third kappa shape index (κ3) is 5.31. The van der Waals surface area contributed by atoms with Crippen LogP contribution in [0.4, 0.5) is 0 Å². The number of carbonyl (C=O) groups excluding carboxylic acids is 1. The van der Waals surface area contributed by atoms with Crippen molar-refractivity contribution < 1.29 is 14.3 Å². The van der Waals surface area contributed by atoms with Crippen molar-refractivity contribution in [3.8, 4) is 0 Å². The molecule has 0 unspecified atom stereocenters. The standard InChI is InChI=1S/C19H25N3O4S/c1-25-10-5-9-20-17(23)13-27-19-21-16-8-3-2-7-15(16)18(24)22(19)12-14-6-4-11-26-14/h2-3,7-8,14H,4-6,9-13H2,1H3,(H,20,23)/t14-/m0/s1. The van der Waals surface area contributed by atoms with E-state index < -0.39 is 0 Å². The molecule has 8 heteroatoms. The Morgan fingerprint density at radius 3 is 3.07 bits per heavy atom. The molecule has 2 heterocycles. The van der Waals surface area contributed by atoms with Crippen LogP contribution >= 0.6 is 11.8 Å². The van der Waals surface area contributed by atoms with Gasteiger partial charge in [-0.2, -0.15) is 0 Å². The van der Waals surface area contributed by atoms with Crippen LogP contribution < -0.4 is 10.9 Å². The van der Waals surface area contributed by atoms with Gasteiger partial charge in [0.05, 0.1) is 29.3 Å². The molecule has 1 aromatic heterocycles. The average Bonchev–Trinajstić information content (AvgIpc) is 3.19. The van der Waals surface area contributed by atoms with Gasteiger partial charge in [-0.25, -0.2) is 4.98 Å². The molecule has 1 fully saturated rings. The molecule has 1 N–H and O–H groups in total. The van der Waals surface area contributed by atoms with Gasteiger partial charge in [-0.15, -0.1) is 0 Å². The summed E-state index contributed by atoms with van der Waals surface area (Å²) in [5.74, 6) is 0.130. The summed E-state index contributed by atoms with van der Waals surface area (Å²) in [6.45, 7) is 2.38. The van der Waals surface area contributed by atoms with Crippen molar-refractivity contribution in [2.24, 2.45) is 0 Å². The van der Waals surface area contributed by atoms with Crippen LogP contribution in [0.15, 0.2) is 34.2 Å². The number of benzene rings is 1. The first-order valence-electron chi connectivity index (χ1n) is 9.18. The molecule has 0 spiro atoms. The number of aromatic nitrogens is 2. The summed E-state index contributed by atoms with van der Waals surface area (Å²) in [4.78, 5) is 29.7. The molecular weight excluding hydrogens is 366 g/mol. The van der Waals surface area contributed by atoms with Gasteiger partial charge in [-0.1, -0.05) is 23.9 Å². The molecule has 1 aromatic carbocycles. The molecule has 3 rings (SSSR count). The van der Waals surface area contributed by atoms with Gasteiger partial charge in [-0.3, -0.25) is 14.2 Å². The van der Waals surface area contributed by atoms with Crippen LogP contribution in [0.25, 0.3) is 10.9 Å². The fourth-order valence-corrected chi connectivity index (χ4v) is 3.87. The zero-order chi connectivity index (χ0) is 19.1. The minimum atomic E-state index is -0.0842. The lowest BCUT2D eigenvalue weighted by Crippen LogP contribution is -2.30. The second-order valence-electron chi connectivity index (χ2n) is 6.45. The van der Waals surface area contributed by atoms with E-state index in [4.69, 9.17) is 9.47 Å². The van der Waals surface area contributed by atoms with Crippen molar-refractivity contribution in [2.75, 3.05) is 32.6 Å². The predicted octanol–water partition coefficient (Wildman–Crippen LogP) is 1.82. The maximum atomic E-state index is 13.0. The summed E-state index contributed by atoms with van der Waals surface area (Å²) in [7, 11) is 1.64. The second-order valence-corrected chi connectivity index (χ2v) is 7.39. The Morgan fingerprint density at radius 1 is 1.44 bits per heavy atom. The Kier molecular flexibility index (Phi) is 7.25. The number of carbonyl (C=O) groups is 1. The lowest BCUT2D eigenvalue weighted by molar-refractivity contribution is -0.118. The van der Waals surface area contributed by atoms with Crippen LogP contribution in [0.1, 0.15) is 19.3 Å². The van der Waals surface area contributed by atoms with Crippen molar-refractivity contribution in [3.63, 3.8) is 0 Å². The SMILES string of the molecule is COCCCNC(=O)CSc1nc2ccccc2c(=O)n1C[C@@H]1CCCO1. The normalized spacial score (nSPS) is 16.7.